The predicted octanol–water partition coefficient (Wildman–Crippen LogP) is 3.04. The van der Waals surface area contributed by atoms with Crippen LogP contribution in [0.3, 0.4) is 0 Å². The van der Waals surface area contributed by atoms with Crippen LogP contribution in [0.15, 0.2) is 49.6 Å². The van der Waals surface area contributed by atoms with Crippen molar-refractivity contribution in [1.29, 1.82) is 0 Å². The molecule has 0 amide bonds. The van der Waals surface area contributed by atoms with E-state index in [2.05, 4.69) is 19.6 Å². The van der Waals surface area contributed by atoms with Gasteiger partial charge >= 0.3 is 12.1 Å². The normalized spacial score (nSPS) is 12.5. The summed E-state index contributed by atoms with van der Waals surface area (Å²) in [6, 6.07) is 5.23. The Labute approximate surface area is 131 Å². The van der Waals surface area contributed by atoms with Crippen molar-refractivity contribution in [3.63, 3.8) is 0 Å². The summed E-state index contributed by atoms with van der Waals surface area (Å²) < 4.78 is 66.1. The zero-order valence-electron chi connectivity index (χ0n) is 11.0. The predicted molar refractivity (Wildman–Crippen MR) is 72.3 cm³/mol. The number of nitrogens with zero attached hydrogens (tertiary/aromatic N) is 3. The molecule has 0 spiro atoms. The number of hydrogen-bond acceptors (Lipinski definition) is 7. The molecule has 0 saturated heterocycles. The molecule has 3 rings (SSSR count). The quantitative estimate of drug-likeness (QED) is 0.713. The van der Waals surface area contributed by atoms with Crippen LogP contribution in [0.5, 0.6) is 0 Å². The van der Waals surface area contributed by atoms with E-state index in [0.717, 1.165) is 11.3 Å². The molecule has 0 aliphatic carbocycles. The lowest BCUT2D eigenvalue weighted by atomic mass is 10.2. The zero-order valence-corrected chi connectivity index (χ0v) is 12.6. The first-order valence-corrected chi connectivity index (χ1v) is 8.31. The first-order chi connectivity index (χ1) is 10.8. The van der Waals surface area contributed by atoms with Crippen LogP contribution < -0.4 is 0 Å². The van der Waals surface area contributed by atoms with E-state index in [9.17, 15) is 21.6 Å². The van der Waals surface area contributed by atoms with Crippen LogP contribution in [0.25, 0.3) is 11.4 Å². The monoisotopic (exact) mass is 361 g/mol. The minimum Gasteiger partial charge on any atom is -0.329 e. The number of sulfone groups is 1. The van der Waals surface area contributed by atoms with Crippen molar-refractivity contribution in [2.75, 3.05) is 0 Å². The summed E-state index contributed by atoms with van der Waals surface area (Å²) in [6.45, 7) is 0. The highest BCUT2D eigenvalue weighted by atomic mass is 32.2. The van der Waals surface area contributed by atoms with Crippen molar-refractivity contribution in [1.82, 2.24) is 15.1 Å². The lowest BCUT2D eigenvalue weighted by Gasteiger charge is -2.02. The van der Waals surface area contributed by atoms with E-state index in [1.165, 1.54) is 35.8 Å². The standard InChI is InChI=1S/C12H6F3N3O3S2/c13-12(14,15)10-17-9(18-21-10)7-2-1-3-8(6-7)23(19,20)11-16-4-5-22-11/h1-6H. The number of benzene rings is 1. The van der Waals surface area contributed by atoms with E-state index in [1.807, 2.05) is 0 Å². The van der Waals surface area contributed by atoms with Crippen LogP contribution in [-0.2, 0) is 16.0 Å². The number of thiazole rings is 1. The number of hydrogen-bond donors (Lipinski definition) is 0. The van der Waals surface area contributed by atoms with Crippen LogP contribution in [-0.4, -0.2) is 23.5 Å². The summed E-state index contributed by atoms with van der Waals surface area (Å²) in [7, 11) is -3.85. The van der Waals surface area contributed by atoms with Gasteiger partial charge in [-0.2, -0.15) is 18.2 Å². The van der Waals surface area contributed by atoms with Gasteiger partial charge in [0.25, 0.3) is 0 Å². The summed E-state index contributed by atoms with van der Waals surface area (Å²) in [5.41, 5.74) is 0.0851. The van der Waals surface area contributed by atoms with E-state index in [0.29, 0.717) is 0 Å². The number of aromatic nitrogens is 3. The summed E-state index contributed by atoms with van der Waals surface area (Å²) in [4.78, 5) is 6.84. The molecule has 6 nitrogen and oxygen atoms in total. The molecule has 0 bridgehead atoms. The fourth-order valence-electron chi connectivity index (χ4n) is 1.70. The highest BCUT2D eigenvalue weighted by Crippen LogP contribution is 2.30. The molecule has 120 valence electrons. The summed E-state index contributed by atoms with van der Waals surface area (Å²) in [6.07, 6.45) is -3.42. The van der Waals surface area contributed by atoms with Gasteiger partial charge in [0.1, 0.15) is 0 Å². The van der Waals surface area contributed by atoms with E-state index < -0.39 is 21.9 Å². The molecule has 1 aromatic carbocycles. The maximum absolute atomic E-state index is 12.5. The maximum atomic E-state index is 12.5. The second-order valence-corrected chi connectivity index (χ2v) is 7.27. The Kier molecular flexibility index (Phi) is 3.68. The van der Waals surface area contributed by atoms with Gasteiger partial charge in [-0.1, -0.05) is 17.3 Å². The number of rotatable bonds is 3. The molecule has 0 unspecified atom stereocenters. The van der Waals surface area contributed by atoms with Gasteiger partial charge in [-0.15, -0.1) is 11.3 Å². The van der Waals surface area contributed by atoms with Crippen LogP contribution in [0.2, 0.25) is 0 Å². The molecule has 23 heavy (non-hydrogen) atoms. The topological polar surface area (TPSA) is 86.0 Å². The van der Waals surface area contributed by atoms with Crippen molar-refractivity contribution in [3.8, 4) is 11.4 Å². The first-order valence-electron chi connectivity index (χ1n) is 5.94. The molecule has 0 N–H and O–H groups in total. The van der Waals surface area contributed by atoms with Gasteiger partial charge < -0.3 is 4.52 Å². The summed E-state index contributed by atoms with van der Waals surface area (Å²) >= 11 is 0.936. The highest BCUT2D eigenvalue weighted by Gasteiger charge is 2.38. The lowest BCUT2D eigenvalue weighted by molar-refractivity contribution is -0.159. The molecule has 3 aromatic rings. The van der Waals surface area contributed by atoms with E-state index in [4.69, 9.17) is 0 Å². The molecule has 0 fully saturated rings. The molecule has 0 radical (unpaired) electrons. The van der Waals surface area contributed by atoms with Gasteiger partial charge in [0.15, 0.2) is 0 Å². The number of halogens is 3. The van der Waals surface area contributed by atoms with Crippen molar-refractivity contribution < 1.29 is 26.1 Å². The van der Waals surface area contributed by atoms with Crippen LogP contribution >= 0.6 is 11.3 Å². The third-order valence-electron chi connectivity index (χ3n) is 2.71. The third-order valence-corrected chi connectivity index (χ3v) is 5.66. The van der Waals surface area contributed by atoms with Gasteiger partial charge in [0, 0.05) is 17.1 Å². The van der Waals surface area contributed by atoms with Crippen LogP contribution in [0.4, 0.5) is 13.2 Å². The molecule has 11 heteroatoms. The van der Waals surface area contributed by atoms with Crippen molar-refractivity contribution >= 4 is 21.2 Å². The van der Waals surface area contributed by atoms with E-state index in [1.54, 1.807) is 0 Å². The lowest BCUT2D eigenvalue weighted by Crippen LogP contribution is -2.05. The van der Waals surface area contributed by atoms with Gasteiger partial charge in [0.05, 0.1) is 4.90 Å². The summed E-state index contributed by atoms with van der Waals surface area (Å²) in [5.74, 6) is -1.85. The fraction of sp³-hybridized carbons (Fsp3) is 0.0833. The third kappa shape index (κ3) is 2.97. The largest absolute Gasteiger partial charge is 0.471 e. The SMILES string of the molecule is O=S(=O)(c1cccc(-c2noc(C(F)(F)F)n2)c1)c1nccs1. The molecular formula is C12H6F3N3O3S2. The minimum atomic E-state index is -4.77. The Bertz CT molecular complexity index is 934. The molecule has 0 aliphatic heterocycles. The van der Waals surface area contributed by atoms with Crippen LogP contribution in [0.1, 0.15) is 5.89 Å². The molecular weight excluding hydrogens is 355 g/mol. The average molecular weight is 361 g/mol. The van der Waals surface area contributed by atoms with Crippen molar-refractivity contribution in [2.24, 2.45) is 0 Å². The van der Waals surface area contributed by atoms with Crippen molar-refractivity contribution in [2.45, 2.75) is 15.4 Å². The molecule has 2 aromatic heterocycles. The Balaban J connectivity index is 2.03. The average Bonchev–Trinajstić information content (AvgIpc) is 3.18. The van der Waals surface area contributed by atoms with Gasteiger partial charge in [-0.25, -0.2) is 13.4 Å². The zero-order chi connectivity index (χ0) is 16.7. The van der Waals surface area contributed by atoms with E-state index >= 15 is 0 Å². The molecule has 0 atom stereocenters. The minimum absolute atomic E-state index is 0.0851. The van der Waals surface area contributed by atoms with Gasteiger partial charge in [-0.05, 0) is 12.1 Å². The molecule has 2 heterocycles. The first kappa shape index (κ1) is 15.6. The molecule has 0 aliphatic rings. The van der Waals surface area contributed by atoms with E-state index in [-0.39, 0.29) is 20.6 Å². The second-order valence-electron chi connectivity index (χ2n) is 4.25. The van der Waals surface area contributed by atoms with Gasteiger partial charge in [-0.3, -0.25) is 0 Å². The Morgan fingerprint density at radius 2 is 2.00 bits per heavy atom. The Hall–Kier alpha value is -2.27. The Morgan fingerprint density at radius 3 is 2.61 bits per heavy atom. The number of alkyl halides is 3. The smallest absolute Gasteiger partial charge is 0.329 e. The Morgan fingerprint density at radius 1 is 1.22 bits per heavy atom. The molecule has 0 saturated carbocycles. The highest BCUT2D eigenvalue weighted by molar-refractivity contribution is 7.93. The maximum Gasteiger partial charge on any atom is 0.471 e. The van der Waals surface area contributed by atoms with Crippen molar-refractivity contribution in [3.05, 3.63) is 41.7 Å². The fourth-order valence-corrected chi connectivity index (χ4v) is 3.97. The second kappa shape index (κ2) is 5.42. The summed E-state index contributed by atoms with van der Waals surface area (Å²) in [5, 5.41) is 4.73. The van der Waals surface area contributed by atoms with Crippen LogP contribution in [0, 0.1) is 0 Å². The van der Waals surface area contributed by atoms with Gasteiger partial charge in [0.2, 0.25) is 20.0 Å².